The van der Waals surface area contributed by atoms with E-state index in [0.717, 1.165) is 24.2 Å². The predicted molar refractivity (Wildman–Crippen MR) is 66.3 cm³/mol. The van der Waals surface area contributed by atoms with Gasteiger partial charge in [0.2, 0.25) is 0 Å². The lowest BCUT2D eigenvalue weighted by molar-refractivity contribution is 0.259. The van der Waals surface area contributed by atoms with Crippen LogP contribution in [0.15, 0.2) is 6.33 Å². The third-order valence-corrected chi connectivity index (χ3v) is 4.20. The Labute approximate surface area is 103 Å². The van der Waals surface area contributed by atoms with Crippen LogP contribution in [0.3, 0.4) is 0 Å². The highest BCUT2D eigenvalue weighted by Gasteiger charge is 2.34. The van der Waals surface area contributed by atoms with Crippen molar-refractivity contribution in [3.05, 3.63) is 12.2 Å². The van der Waals surface area contributed by atoms with Crippen molar-refractivity contribution in [3.63, 3.8) is 0 Å². The smallest absolute Gasteiger partial charge is 0.164 e. The van der Waals surface area contributed by atoms with Gasteiger partial charge in [-0.3, -0.25) is 4.68 Å². The number of nitrogens with zero attached hydrogens (tertiary/aromatic N) is 3. The average molecular weight is 234 g/mol. The zero-order chi connectivity index (χ0) is 11.7. The van der Waals surface area contributed by atoms with Gasteiger partial charge in [-0.1, -0.05) is 12.8 Å². The standard InChI is InChI=1S/C13H22N4/c1-17-9-15-13(16-17)8-14-12-4-2-3-11(7-12)10-5-6-10/h9-12,14H,2-8H2,1H3. The Kier molecular flexibility index (Phi) is 3.14. The van der Waals surface area contributed by atoms with Gasteiger partial charge < -0.3 is 5.32 Å². The zero-order valence-corrected chi connectivity index (χ0v) is 10.6. The number of nitrogens with one attached hydrogen (secondary N) is 1. The fourth-order valence-electron chi connectivity index (χ4n) is 3.11. The monoisotopic (exact) mass is 234 g/mol. The molecule has 94 valence electrons. The van der Waals surface area contributed by atoms with E-state index in [1.165, 1.54) is 38.5 Å². The first kappa shape index (κ1) is 11.2. The summed E-state index contributed by atoms with van der Waals surface area (Å²) in [5.74, 6) is 2.98. The van der Waals surface area contributed by atoms with Crippen molar-refractivity contribution in [2.75, 3.05) is 0 Å². The van der Waals surface area contributed by atoms with E-state index in [0.29, 0.717) is 6.04 Å². The molecular formula is C13H22N4. The molecule has 1 aromatic rings. The fraction of sp³-hybridized carbons (Fsp3) is 0.846. The van der Waals surface area contributed by atoms with Crippen LogP contribution in [0, 0.1) is 11.8 Å². The first-order valence-corrected chi connectivity index (χ1v) is 6.89. The molecule has 0 bridgehead atoms. The highest BCUT2D eigenvalue weighted by atomic mass is 15.3. The molecule has 17 heavy (non-hydrogen) atoms. The molecule has 1 N–H and O–H groups in total. The molecule has 1 aromatic heterocycles. The molecule has 2 saturated carbocycles. The Bertz CT molecular complexity index is 369. The minimum absolute atomic E-state index is 0.693. The quantitative estimate of drug-likeness (QED) is 0.865. The Hall–Kier alpha value is -0.900. The summed E-state index contributed by atoms with van der Waals surface area (Å²) in [7, 11) is 1.92. The number of aryl methyl sites for hydroxylation is 1. The Morgan fingerprint density at radius 2 is 2.18 bits per heavy atom. The van der Waals surface area contributed by atoms with Crippen LogP contribution >= 0.6 is 0 Å². The second-order valence-electron chi connectivity index (χ2n) is 5.68. The van der Waals surface area contributed by atoms with E-state index >= 15 is 0 Å². The average Bonchev–Trinajstić information content (AvgIpc) is 3.11. The van der Waals surface area contributed by atoms with Crippen LogP contribution in [0.1, 0.15) is 44.3 Å². The van der Waals surface area contributed by atoms with Gasteiger partial charge in [-0.2, -0.15) is 5.10 Å². The highest BCUT2D eigenvalue weighted by molar-refractivity contribution is 4.89. The molecule has 4 nitrogen and oxygen atoms in total. The van der Waals surface area contributed by atoms with Gasteiger partial charge in [-0.15, -0.1) is 0 Å². The summed E-state index contributed by atoms with van der Waals surface area (Å²) in [6.45, 7) is 0.822. The van der Waals surface area contributed by atoms with Crippen molar-refractivity contribution in [1.82, 2.24) is 20.1 Å². The summed E-state index contributed by atoms with van der Waals surface area (Å²) in [4.78, 5) is 4.26. The van der Waals surface area contributed by atoms with Crippen LogP contribution in [-0.2, 0) is 13.6 Å². The topological polar surface area (TPSA) is 42.7 Å². The first-order chi connectivity index (χ1) is 8.31. The number of aromatic nitrogens is 3. The summed E-state index contributed by atoms with van der Waals surface area (Å²) >= 11 is 0. The first-order valence-electron chi connectivity index (χ1n) is 6.89. The molecule has 4 heteroatoms. The summed E-state index contributed by atoms with van der Waals surface area (Å²) in [5.41, 5.74) is 0. The van der Waals surface area contributed by atoms with Crippen LogP contribution in [0.5, 0.6) is 0 Å². The van der Waals surface area contributed by atoms with Gasteiger partial charge in [0.15, 0.2) is 5.82 Å². The highest BCUT2D eigenvalue weighted by Crippen LogP contribution is 2.43. The van der Waals surface area contributed by atoms with E-state index in [1.807, 2.05) is 7.05 Å². The van der Waals surface area contributed by atoms with Gasteiger partial charge in [0.25, 0.3) is 0 Å². The molecule has 0 saturated heterocycles. The number of hydrogen-bond acceptors (Lipinski definition) is 3. The Balaban J connectivity index is 1.47. The molecule has 1 heterocycles. The van der Waals surface area contributed by atoms with Gasteiger partial charge in [-0.05, 0) is 37.5 Å². The molecule has 0 spiro atoms. The predicted octanol–water partition coefficient (Wildman–Crippen LogP) is 1.87. The summed E-state index contributed by atoms with van der Waals surface area (Å²) in [6.07, 6.45) is 10.3. The SMILES string of the molecule is Cn1cnc(CNC2CCCC(C3CC3)C2)n1. The van der Waals surface area contributed by atoms with E-state index < -0.39 is 0 Å². The molecule has 2 aliphatic rings. The zero-order valence-electron chi connectivity index (χ0n) is 10.6. The van der Waals surface area contributed by atoms with Crippen molar-refractivity contribution in [3.8, 4) is 0 Å². The molecule has 0 amide bonds. The van der Waals surface area contributed by atoms with Gasteiger partial charge in [0, 0.05) is 13.1 Å². The minimum Gasteiger partial charge on any atom is -0.307 e. The molecule has 0 aromatic carbocycles. The number of hydrogen-bond donors (Lipinski definition) is 1. The molecule has 2 atom stereocenters. The maximum atomic E-state index is 4.30. The largest absolute Gasteiger partial charge is 0.307 e. The second kappa shape index (κ2) is 4.77. The fourth-order valence-corrected chi connectivity index (χ4v) is 3.11. The summed E-state index contributed by atoms with van der Waals surface area (Å²) < 4.78 is 1.77. The minimum atomic E-state index is 0.693. The molecule has 0 radical (unpaired) electrons. The van der Waals surface area contributed by atoms with Gasteiger partial charge in [-0.25, -0.2) is 4.98 Å². The normalized spacial score (nSPS) is 29.5. The van der Waals surface area contributed by atoms with Crippen LogP contribution in [0.2, 0.25) is 0 Å². The maximum absolute atomic E-state index is 4.30. The lowest BCUT2D eigenvalue weighted by Crippen LogP contribution is -2.34. The van der Waals surface area contributed by atoms with E-state index in [2.05, 4.69) is 15.4 Å². The third kappa shape index (κ3) is 2.86. The van der Waals surface area contributed by atoms with Gasteiger partial charge in [0.1, 0.15) is 6.33 Å². The lowest BCUT2D eigenvalue weighted by atomic mass is 9.83. The Morgan fingerprint density at radius 3 is 2.88 bits per heavy atom. The van der Waals surface area contributed by atoms with E-state index in [-0.39, 0.29) is 0 Å². The van der Waals surface area contributed by atoms with Crippen LogP contribution in [0.25, 0.3) is 0 Å². The van der Waals surface area contributed by atoms with E-state index in [1.54, 1.807) is 11.0 Å². The van der Waals surface area contributed by atoms with Crippen molar-refractivity contribution in [2.45, 2.75) is 51.1 Å². The van der Waals surface area contributed by atoms with Gasteiger partial charge >= 0.3 is 0 Å². The van der Waals surface area contributed by atoms with Crippen LogP contribution in [-0.4, -0.2) is 20.8 Å². The van der Waals surface area contributed by atoms with E-state index in [4.69, 9.17) is 0 Å². The molecule has 0 aliphatic heterocycles. The van der Waals surface area contributed by atoms with Crippen LogP contribution < -0.4 is 5.32 Å². The van der Waals surface area contributed by atoms with Gasteiger partial charge in [0.05, 0.1) is 6.54 Å². The number of rotatable bonds is 4. The maximum Gasteiger partial charge on any atom is 0.164 e. The Morgan fingerprint density at radius 1 is 1.29 bits per heavy atom. The third-order valence-electron chi connectivity index (χ3n) is 4.20. The van der Waals surface area contributed by atoms with Crippen molar-refractivity contribution in [1.29, 1.82) is 0 Å². The molecule has 2 unspecified atom stereocenters. The molecule has 2 aliphatic carbocycles. The van der Waals surface area contributed by atoms with Crippen molar-refractivity contribution in [2.24, 2.45) is 18.9 Å². The summed E-state index contributed by atoms with van der Waals surface area (Å²) in [6, 6.07) is 0.693. The molecule has 2 fully saturated rings. The summed E-state index contributed by atoms with van der Waals surface area (Å²) in [5, 5.41) is 7.93. The molecule has 3 rings (SSSR count). The lowest BCUT2D eigenvalue weighted by Gasteiger charge is -2.29. The molecular weight excluding hydrogens is 212 g/mol. The van der Waals surface area contributed by atoms with Crippen molar-refractivity contribution < 1.29 is 0 Å². The second-order valence-corrected chi connectivity index (χ2v) is 5.68. The van der Waals surface area contributed by atoms with E-state index in [9.17, 15) is 0 Å². The van der Waals surface area contributed by atoms with Crippen LogP contribution in [0.4, 0.5) is 0 Å². The van der Waals surface area contributed by atoms with Crippen molar-refractivity contribution >= 4 is 0 Å².